The summed E-state index contributed by atoms with van der Waals surface area (Å²) in [7, 11) is 0. The van der Waals surface area contributed by atoms with Gasteiger partial charge in [0.15, 0.2) is 0 Å². The Morgan fingerprint density at radius 1 is 1.12 bits per heavy atom. The molecule has 2 aliphatic rings. The Labute approximate surface area is 157 Å². The van der Waals surface area contributed by atoms with E-state index in [4.69, 9.17) is 0 Å². The lowest BCUT2D eigenvalue weighted by atomic mass is 9.97. The van der Waals surface area contributed by atoms with Crippen molar-refractivity contribution in [2.24, 2.45) is 0 Å². The number of piperidine rings is 1. The minimum Gasteiger partial charge on any atom is -0.396 e. The van der Waals surface area contributed by atoms with Gasteiger partial charge in [0.2, 0.25) is 0 Å². The number of benzene rings is 1. The van der Waals surface area contributed by atoms with Gasteiger partial charge in [0.25, 0.3) is 0 Å². The Morgan fingerprint density at radius 3 is 2.50 bits per heavy atom. The summed E-state index contributed by atoms with van der Waals surface area (Å²) >= 11 is 0. The van der Waals surface area contributed by atoms with Crippen molar-refractivity contribution >= 4 is 0 Å². The van der Waals surface area contributed by atoms with Gasteiger partial charge in [-0.05, 0) is 52.3 Å². The lowest BCUT2D eigenvalue weighted by Gasteiger charge is -2.48. The van der Waals surface area contributed by atoms with E-state index in [0.29, 0.717) is 24.7 Å². The van der Waals surface area contributed by atoms with Gasteiger partial charge in [-0.3, -0.25) is 9.80 Å². The smallest absolute Gasteiger partial charge is 0.127 e. The average Bonchev–Trinajstić information content (AvgIpc) is 2.64. The molecule has 4 nitrogen and oxygen atoms in total. The number of aliphatic hydroxyl groups is 1. The van der Waals surface area contributed by atoms with Crippen molar-refractivity contribution in [3.8, 4) is 0 Å². The van der Waals surface area contributed by atoms with E-state index >= 15 is 0 Å². The third kappa shape index (κ3) is 4.83. The summed E-state index contributed by atoms with van der Waals surface area (Å²) in [6, 6.07) is 8.69. The molecule has 2 saturated heterocycles. The van der Waals surface area contributed by atoms with Crippen LogP contribution in [0.3, 0.4) is 0 Å². The Morgan fingerprint density at radius 2 is 1.85 bits per heavy atom. The van der Waals surface area contributed by atoms with E-state index in [0.717, 1.165) is 31.6 Å². The third-order valence-electron chi connectivity index (χ3n) is 6.12. The zero-order valence-corrected chi connectivity index (χ0v) is 16.3. The van der Waals surface area contributed by atoms with Crippen molar-refractivity contribution in [3.63, 3.8) is 0 Å². The normalized spacial score (nSPS) is 24.4. The van der Waals surface area contributed by atoms with Gasteiger partial charge in [0.05, 0.1) is 0 Å². The summed E-state index contributed by atoms with van der Waals surface area (Å²) in [5.41, 5.74) is 0.772. The van der Waals surface area contributed by atoms with Crippen molar-refractivity contribution in [2.45, 2.75) is 57.8 Å². The van der Waals surface area contributed by atoms with Gasteiger partial charge in [-0.2, -0.15) is 0 Å². The maximum atomic E-state index is 14.0. The van der Waals surface area contributed by atoms with E-state index in [9.17, 15) is 9.50 Å². The topological polar surface area (TPSA) is 30.0 Å². The summed E-state index contributed by atoms with van der Waals surface area (Å²) in [4.78, 5) is 7.54. The van der Waals surface area contributed by atoms with E-state index in [2.05, 4.69) is 28.5 Å². The van der Waals surface area contributed by atoms with Gasteiger partial charge >= 0.3 is 0 Å². The second-order valence-electron chi connectivity index (χ2n) is 8.09. The molecule has 146 valence electrons. The van der Waals surface area contributed by atoms with E-state index in [1.807, 2.05) is 12.1 Å². The predicted octanol–water partition coefficient (Wildman–Crippen LogP) is 2.57. The average molecular weight is 364 g/mol. The van der Waals surface area contributed by atoms with Crippen LogP contribution in [0, 0.1) is 5.82 Å². The first-order valence-corrected chi connectivity index (χ1v) is 10.1. The number of likely N-dealkylation sites (tertiary alicyclic amines) is 1. The minimum atomic E-state index is -0.116. The van der Waals surface area contributed by atoms with Crippen molar-refractivity contribution in [1.29, 1.82) is 0 Å². The lowest BCUT2D eigenvalue weighted by Crippen LogP contribution is -2.58. The Balaban J connectivity index is 1.59. The molecule has 0 bridgehead atoms. The fourth-order valence-corrected chi connectivity index (χ4v) is 4.57. The molecule has 1 aromatic rings. The highest BCUT2D eigenvalue weighted by atomic mass is 19.1. The molecular formula is C21H34FN3O. The summed E-state index contributed by atoms with van der Waals surface area (Å²) in [5.74, 6) is -0.116. The van der Waals surface area contributed by atoms with Crippen LogP contribution < -0.4 is 0 Å². The van der Waals surface area contributed by atoms with Gasteiger partial charge in [-0.15, -0.1) is 0 Å². The number of rotatable bonds is 6. The van der Waals surface area contributed by atoms with Crippen LogP contribution in [0.4, 0.5) is 4.39 Å². The van der Waals surface area contributed by atoms with E-state index in [-0.39, 0.29) is 12.4 Å². The molecule has 5 heteroatoms. The maximum absolute atomic E-state index is 14.0. The maximum Gasteiger partial charge on any atom is 0.127 e. The second-order valence-corrected chi connectivity index (χ2v) is 8.09. The van der Waals surface area contributed by atoms with E-state index in [1.54, 1.807) is 12.1 Å². The Bertz CT molecular complexity index is 560. The van der Waals surface area contributed by atoms with Crippen molar-refractivity contribution in [3.05, 3.63) is 35.6 Å². The van der Waals surface area contributed by atoms with Crippen LogP contribution in [0.15, 0.2) is 24.3 Å². The first-order chi connectivity index (χ1) is 12.6. The van der Waals surface area contributed by atoms with E-state index < -0.39 is 0 Å². The molecule has 3 rings (SSSR count). The molecule has 0 unspecified atom stereocenters. The number of hydrogen-bond acceptors (Lipinski definition) is 4. The third-order valence-corrected chi connectivity index (χ3v) is 6.12. The molecule has 2 fully saturated rings. The highest BCUT2D eigenvalue weighted by Gasteiger charge is 2.33. The van der Waals surface area contributed by atoms with Crippen LogP contribution in [0.2, 0.25) is 0 Å². The number of halogens is 1. The summed E-state index contributed by atoms with van der Waals surface area (Å²) in [5, 5.41) is 9.56. The monoisotopic (exact) mass is 363 g/mol. The Hall–Kier alpha value is -1.01. The van der Waals surface area contributed by atoms with Gasteiger partial charge in [0, 0.05) is 56.5 Å². The highest BCUT2D eigenvalue weighted by molar-refractivity contribution is 5.17. The number of piperazine rings is 1. The number of hydrogen-bond donors (Lipinski definition) is 1. The molecule has 1 aromatic carbocycles. The molecule has 26 heavy (non-hydrogen) atoms. The van der Waals surface area contributed by atoms with E-state index in [1.165, 1.54) is 25.9 Å². The fourth-order valence-electron chi connectivity index (χ4n) is 4.57. The number of aliphatic hydroxyl groups excluding tert-OH is 1. The minimum absolute atomic E-state index is 0.116. The largest absolute Gasteiger partial charge is 0.396 e. The van der Waals surface area contributed by atoms with Crippen molar-refractivity contribution in [1.82, 2.24) is 14.7 Å². The molecule has 0 radical (unpaired) electrons. The fraction of sp³-hybridized carbons (Fsp3) is 0.714. The highest BCUT2D eigenvalue weighted by Crippen LogP contribution is 2.25. The van der Waals surface area contributed by atoms with Crippen LogP contribution in [0.5, 0.6) is 0 Å². The lowest BCUT2D eigenvalue weighted by molar-refractivity contribution is -0.000285. The number of nitrogens with zero attached hydrogens (tertiary/aromatic N) is 3. The van der Waals surface area contributed by atoms with Gasteiger partial charge in [-0.1, -0.05) is 18.2 Å². The summed E-state index contributed by atoms with van der Waals surface area (Å²) in [6.07, 6.45) is 3.24. The van der Waals surface area contributed by atoms with Gasteiger partial charge < -0.3 is 10.0 Å². The predicted molar refractivity (Wildman–Crippen MR) is 104 cm³/mol. The molecule has 1 atom stereocenters. The molecule has 2 heterocycles. The molecule has 0 aromatic heterocycles. The first kappa shape index (κ1) is 19.7. The molecule has 0 aliphatic carbocycles. The zero-order chi connectivity index (χ0) is 18.5. The van der Waals surface area contributed by atoms with Crippen molar-refractivity contribution in [2.75, 3.05) is 39.3 Å². The SMILES string of the molecule is CC(C)N1CCC(N2CCN(Cc3ccccc3F)C[C@H]2CCO)CC1. The molecule has 1 N–H and O–H groups in total. The molecule has 2 aliphatic heterocycles. The summed E-state index contributed by atoms with van der Waals surface area (Å²) in [6.45, 7) is 10.7. The second kappa shape index (κ2) is 9.27. The van der Waals surface area contributed by atoms with Crippen LogP contribution in [0.1, 0.15) is 38.7 Å². The molecule has 0 spiro atoms. The van der Waals surface area contributed by atoms with Crippen LogP contribution in [-0.4, -0.2) is 77.3 Å². The first-order valence-electron chi connectivity index (χ1n) is 10.1. The van der Waals surface area contributed by atoms with Crippen LogP contribution >= 0.6 is 0 Å². The van der Waals surface area contributed by atoms with Crippen LogP contribution in [-0.2, 0) is 6.54 Å². The van der Waals surface area contributed by atoms with Crippen LogP contribution in [0.25, 0.3) is 0 Å². The standard InChI is InChI=1S/C21H34FN3O/c1-17(2)24-10-7-19(8-11-24)25-13-12-23(16-20(25)9-14-26)15-18-5-3-4-6-21(18)22/h3-6,17,19-20,26H,7-16H2,1-2H3/t20-/m1/s1. The van der Waals surface area contributed by atoms with Gasteiger partial charge in [-0.25, -0.2) is 4.39 Å². The quantitative estimate of drug-likeness (QED) is 0.841. The Kier molecular flexibility index (Phi) is 7.04. The molecule has 0 saturated carbocycles. The molecular weight excluding hydrogens is 329 g/mol. The van der Waals surface area contributed by atoms with Gasteiger partial charge in [0.1, 0.15) is 5.82 Å². The zero-order valence-electron chi connectivity index (χ0n) is 16.3. The summed E-state index contributed by atoms with van der Waals surface area (Å²) < 4.78 is 14.0. The molecule has 0 amide bonds. The van der Waals surface area contributed by atoms with Crippen molar-refractivity contribution < 1.29 is 9.50 Å².